The number of aryl methyl sites for hydroxylation is 1. The van der Waals surface area contributed by atoms with Crippen molar-refractivity contribution in [3.05, 3.63) is 47.6 Å². The fourth-order valence-corrected chi connectivity index (χ4v) is 2.49. The molecule has 0 saturated carbocycles. The van der Waals surface area contributed by atoms with Crippen LogP contribution in [0.15, 0.2) is 35.0 Å². The maximum atomic E-state index is 13.4. The standard InChI is InChI=1S/C16H12F2N4O2/c1-8-7-19-14(20-8)15-21-16(24-22-15)10-6-9-4-2-3-5-11(9)23-12(10)13(17)18/h2-7,12-13H,1H3,(H,19,20). The number of H-pyrrole nitrogens is 1. The number of halogens is 2. The predicted octanol–water partition coefficient (Wildman–Crippen LogP) is 3.33. The van der Waals surface area contributed by atoms with Gasteiger partial charge >= 0.3 is 0 Å². The number of alkyl halides is 2. The third-order valence-corrected chi connectivity index (χ3v) is 3.61. The molecule has 1 aliphatic rings. The summed E-state index contributed by atoms with van der Waals surface area (Å²) >= 11 is 0. The normalized spacial score (nSPS) is 16.7. The number of imidazole rings is 1. The van der Waals surface area contributed by atoms with Gasteiger partial charge in [0.05, 0.1) is 5.57 Å². The largest absolute Gasteiger partial charge is 0.479 e. The van der Waals surface area contributed by atoms with E-state index in [0.29, 0.717) is 17.1 Å². The molecule has 1 atom stereocenters. The van der Waals surface area contributed by atoms with Crippen molar-refractivity contribution >= 4 is 11.6 Å². The number of para-hydroxylation sites is 1. The van der Waals surface area contributed by atoms with E-state index in [1.54, 1.807) is 36.5 Å². The predicted molar refractivity (Wildman–Crippen MR) is 81.3 cm³/mol. The molecule has 24 heavy (non-hydrogen) atoms. The number of aromatic nitrogens is 4. The molecule has 0 saturated heterocycles. The van der Waals surface area contributed by atoms with E-state index in [4.69, 9.17) is 9.26 Å². The fraction of sp³-hybridized carbons (Fsp3) is 0.188. The van der Waals surface area contributed by atoms with E-state index in [-0.39, 0.29) is 17.3 Å². The van der Waals surface area contributed by atoms with Crippen LogP contribution in [0.4, 0.5) is 8.78 Å². The van der Waals surface area contributed by atoms with Crippen LogP contribution >= 0.6 is 0 Å². The van der Waals surface area contributed by atoms with Crippen LogP contribution in [0.3, 0.4) is 0 Å². The van der Waals surface area contributed by atoms with Crippen molar-refractivity contribution in [1.29, 1.82) is 0 Å². The van der Waals surface area contributed by atoms with E-state index >= 15 is 0 Å². The molecule has 3 heterocycles. The van der Waals surface area contributed by atoms with Crippen molar-refractivity contribution in [2.24, 2.45) is 0 Å². The third-order valence-electron chi connectivity index (χ3n) is 3.61. The molecule has 4 rings (SSSR count). The van der Waals surface area contributed by atoms with Gasteiger partial charge in [0.2, 0.25) is 5.82 Å². The van der Waals surface area contributed by atoms with Crippen molar-refractivity contribution in [3.63, 3.8) is 0 Å². The summed E-state index contributed by atoms with van der Waals surface area (Å²) in [5.41, 5.74) is 1.65. The molecule has 122 valence electrons. The van der Waals surface area contributed by atoms with Crippen LogP contribution in [0.1, 0.15) is 17.1 Å². The van der Waals surface area contributed by atoms with Gasteiger partial charge in [-0.15, -0.1) is 0 Å². The Bertz CT molecular complexity index is 916. The molecule has 8 heteroatoms. The monoisotopic (exact) mass is 330 g/mol. The quantitative estimate of drug-likeness (QED) is 0.797. The number of ether oxygens (including phenoxy) is 1. The molecule has 0 spiro atoms. The van der Waals surface area contributed by atoms with Crippen molar-refractivity contribution in [2.75, 3.05) is 0 Å². The first-order valence-electron chi connectivity index (χ1n) is 7.23. The summed E-state index contributed by atoms with van der Waals surface area (Å²) in [5, 5.41) is 3.80. The first kappa shape index (κ1) is 14.6. The Labute approximate surface area is 135 Å². The van der Waals surface area contributed by atoms with Gasteiger partial charge in [0.15, 0.2) is 11.9 Å². The Morgan fingerprint density at radius 3 is 2.83 bits per heavy atom. The van der Waals surface area contributed by atoms with Crippen LogP contribution in [0, 0.1) is 6.92 Å². The SMILES string of the molecule is Cc1cnc(-c2noc(C3=Cc4ccccc4OC3C(F)F)n2)[nH]1. The summed E-state index contributed by atoms with van der Waals surface area (Å²) in [6, 6.07) is 6.93. The minimum absolute atomic E-state index is 0.0149. The highest BCUT2D eigenvalue weighted by atomic mass is 19.3. The smallest absolute Gasteiger partial charge is 0.279 e. The first-order valence-corrected chi connectivity index (χ1v) is 7.23. The van der Waals surface area contributed by atoms with E-state index in [0.717, 1.165) is 5.69 Å². The number of fused-ring (bicyclic) bond motifs is 1. The van der Waals surface area contributed by atoms with Gasteiger partial charge in [-0.25, -0.2) is 13.8 Å². The topological polar surface area (TPSA) is 76.8 Å². The molecule has 1 N–H and O–H groups in total. The van der Waals surface area contributed by atoms with E-state index in [2.05, 4.69) is 20.1 Å². The summed E-state index contributed by atoms with van der Waals surface area (Å²) in [7, 11) is 0. The molecule has 3 aromatic rings. The second kappa shape index (κ2) is 5.55. The molecule has 1 unspecified atom stereocenters. The van der Waals surface area contributed by atoms with Crippen molar-refractivity contribution in [1.82, 2.24) is 20.1 Å². The van der Waals surface area contributed by atoms with Crippen molar-refractivity contribution < 1.29 is 18.0 Å². The molecule has 0 amide bonds. The van der Waals surface area contributed by atoms with Crippen LogP contribution in [0.25, 0.3) is 23.3 Å². The van der Waals surface area contributed by atoms with Gasteiger partial charge in [-0.3, -0.25) is 0 Å². The van der Waals surface area contributed by atoms with Gasteiger partial charge in [-0.2, -0.15) is 4.98 Å². The Kier molecular flexibility index (Phi) is 3.37. The average Bonchev–Trinajstić information content (AvgIpc) is 3.22. The van der Waals surface area contributed by atoms with E-state index < -0.39 is 12.5 Å². The lowest BCUT2D eigenvalue weighted by molar-refractivity contribution is 0.0419. The molecule has 1 aromatic carbocycles. The number of rotatable bonds is 3. The minimum Gasteiger partial charge on any atom is -0.479 e. The van der Waals surface area contributed by atoms with E-state index in [1.807, 2.05) is 6.92 Å². The Morgan fingerprint density at radius 2 is 2.08 bits per heavy atom. The number of hydrogen-bond acceptors (Lipinski definition) is 5. The van der Waals surface area contributed by atoms with Gasteiger partial charge in [0.25, 0.3) is 12.3 Å². The highest BCUT2D eigenvalue weighted by molar-refractivity contribution is 5.84. The average molecular weight is 330 g/mol. The van der Waals surface area contributed by atoms with Crippen LogP contribution in [0.2, 0.25) is 0 Å². The number of aromatic amines is 1. The number of nitrogens with zero attached hydrogens (tertiary/aromatic N) is 3. The van der Waals surface area contributed by atoms with Gasteiger partial charge in [0.1, 0.15) is 5.75 Å². The Balaban J connectivity index is 1.76. The lowest BCUT2D eigenvalue weighted by atomic mass is 10.0. The second-order valence-corrected chi connectivity index (χ2v) is 5.35. The zero-order valence-electron chi connectivity index (χ0n) is 12.5. The molecule has 0 radical (unpaired) electrons. The number of benzene rings is 1. The third kappa shape index (κ3) is 2.45. The lowest BCUT2D eigenvalue weighted by Crippen LogP contribution is -2.29. The summed E-state index contributed by atoms with van der Waals surface area (Å²) < 4.78 is 37.4. The van der Waals surface area contributed by atoms with Crippen molar-refractivity contribution in [3.8, 4) is 17.4 Å². The zero-order valence-corrected chi connectivity index (χ0v) is 12.5. The van der Waals surface area contributed by atoms with Crippen LogP contribution < -0.4 is 4.74 Å². The minimum atomic E-state index is -2.73. The molecule has 0 aliphatic carbocycles. The molecule has 6 nitrogen and oxygen atoms in total. The second-order valence-electron chi connectivity index (χ2n) is 5.35. The summed E-state index contributed by atoms with van der Waals surface area (Å²) in [4.78, 5) is 11.2. The molecule has 0 bridgehead atoms. The molecule has 0 fully saturated rings. The summed E-state index contributed by atoms with van der Waals surface area (Å²) in [6.45, 7) is 1.83. The van der Waals surface area contributed by atoms with E-state index in [1.165, 1.54) is 0 Å². The highest BCUT2D eigenvalue weighted by Gasteiger charge is 2.34. The maximum absolute atomic E-state index is 13.4. The molecular weight excluding hydrogens is 318 g/mol. The fourth-order valence-electron chi connectivity index (χ4n) is 2.49. The lowest BCUT2D eigenvalue weighted by Gasteiger charge is -2.24. The van der Waals surface area contributed by atoms with Crippen LogP contribution in [-0.2, 0) is 0 Å². The molecule has 1 aliphatic heterocycles. The summed E-state index contributed by atoms with van der Waals surface area (Å²) in [6.07, 6.45) is -0.996. The Hall–Kier alpha value is -3.03. The summed E-state index contributed by atoms with van der Waals surface area (Å²) in [5.74, 6) is 0.992. The van der Waals surface area contributed by atoms with Crippen molar-refractivity contribution in [2.45, 2.75) is 19.5 Å². The van der Waals surface area contributed by atoms with Gasteiger partial charge in [-0.05, 0) is 19.1 Å². The highest BCUT2D eigenvalue weighted by Crippen LogP contribution is 2.36. The van der Waals surface area contributed by atoms with Gasteiger partial charge < -0.3 is 14.2 Å². The molecule has 2 aromatic heterocycles. The van der Waals surface area contributed by atoms with Crippen LogP contribution in [0.5, 0.6) is 5.75 Å². The number of hydrogen-bond donors (Lipinski definition) is 1. The van der Waals surface area contributed by atoms with E-state index in [9.17, 15) is 8.78 Å². The van der Waals surface area contributed by atoms with Gasteiger partial charge in [-0.1, -0.05) is 23.4 Å². The van der Waals surface area contributed by atoms with Crippen LogP contribution in [-0.4, -0.2) is 32.6 Å². The molecular formula is C16H12F2N4O2. The maximum Gasteiger partial charge on any atom is 0.279 e. The zero-order chi connectivity index (χ0) is 16.7. The number of nitrogens with one attached hydrogen (secondary N) is 1. The first-order chi connectivity index (χ1) is 11.6. The van der Waals surface area contributed by atoms with Gasteiger partial charge in [0, 0.05) is 17.5 Å². The Morgan fingerprint density at radius 1 is 1.25 bits per heavy atom.